The molecule has 166 valence electrons. The predicted molar refractivity (Wildman–Crippen MR) is 120 cm³/mol. The normalized spacial score (nSPS) is 33.3. The number of amides is 1. The first kappa shape index (κ1) is 20.7. The van der Waals surface area contributed by atoms with Gasteiger partial charge in [-0.1, -0.05) is 45.0 Å². The van der Waals surface area contributed by atoms with Crippen LogP contribution in [-0.4, -0.2) is 28.3 Å². The second-order valence-corrected chi connectivity index (χ2v) is 10.5. The molecule has 1 N–H and O–H groups in total. The molecule has 1 saturated heterocycles. The summed E-state index contributed by atoms with van der Waals surface area (Å²) in [4.78, 5) is 12.6. The number of carbonyl (C=O) groups is 1. The van der Waals surface area contributed by atoms with E-state index in [1.807, 2.05) is 23.1 Å². The van der Waals surface area contributed by atoms with Crippen LogP contribution in [0.15, 0.2) is 42.7 Å². The van der Waals surface area contributed by atoms with E-state index in [0.717, 1.165) is 26.0 Å². The Morgan fingerprint density at radius 3 is 2.81 bits per heavy atom. The summed E-state index contributed by atoms with van der Waals surface area (Å²) in [5.41, 5.74) is 2.83. The fourth-order valence-corrected chi connectivity index (χ4v) is 6.97. The molecule has 5 heteroatoms. The summed E-state index contributed by atoms with van der Waals surface area (Å²) in [7, 11) is 0. The van der Waals surface area contributed by atoms with Crippen molar-refractivity contribution >= 4 is 5.91 Å². The van der Waals surface area contributed by atoms with Crippen molar-refractivity contribution in [3.63, 3.8) is 0 Å². The number of aromatic nitrogens is 2. The molecule has 1 aromatic carbocycles. The first-order valence-corrected chi connectivity index (χ1v) is 11.9. The highest BCUT2D eigenvalue weighted by Crippen LogP contribution is 2.70. The summed E-state index contributed by atoms with van der Waals surface area (Å²) in [6.07, 6.45) is 8.93. The van der Waals surface area contributed by atoms with Gasteiger partial charge in [0.25, 0.3) is 0 Å². The first-order valence-electron chi connectivity index (χ1n) is 11.9. The third-order valence-corrected chi connectivity index (χ3v) is 8.50. The van der Waals surface area contributed by atoms with Gasteiger partial charge in [-0.3, -0.25) is 9.48 Å². The highest BCUT2D eigenvalue weighted by atomic mass is 16.5. The zero-order chi connectivity index (χ0) is 21.6. The van der Waals surface area contributed by atoms with Gasteiger partial charge < -0.3 is 10.1 Å². The molecule has 5 rings (SSSR count). The first-order chi connectivity index (χ1) is 14.9. The molecular formula is C26H35N3O2. The van der Waals surface area contributed by atoms with Crippen LogP contribution in [0.3, 0.4) is 0 Å². The Labute approximate surface area is 185 Å². The van der Waals surface area contributed by atoms with Crippen molar-refractivity contribution in [1.29, 1.82) is 0 Å². The molecule has 2 heterocycles. The molecule has 3 aliphatic rings. The molecule has 1 spiro atoms. The van der Waals surface area contributed by atoms with E-state index >= 15 is 0 Å². The number of nitrogens with zero attached hydrogens (tertiary/aromatic N) is 2. The number of hydrogen-bond donors (Lipinski definition) is 1. The van der Waals surface area contributed by atoms with E-state index in [1.54, 1.807) is 0 Å². The SMILES string of the molecule is CCCC(=O)N[C@H]1C(C)(C)[C@@H]2C[C@@H]3[C@@H](c4ccc(Cn5cccn5)cc4)OCC[C@@]31C2. The number of carbonyl (C=O) groups excluding carboxylic acids is 1. The van der Waals surface area contributed by atoms with E-state index in [0.29, 0.717) is 18.3 Å². The average molecular weight is 422 g/mol. The van der Waals surface area contributed by atoms with Crippen molar-refractivity contribution in [3.05, 3.63) is 53.9 Å². The van der Waals surface area contributed by atoms with Crippen LogP contribution in [0.1, 0.15) is 70.1 Å². The van der Waals surface area contributed by atoms with Crippen molar-refractivity contribution in [2.75, 3.05) is 6.61 Å². The summed E-state index contributed by atoms with van der Waals surface area (Å²) in [6.45, 7) is 8.38. The van der Waals surface area contributed by atoms with Crippen molar-refractivity contribution in [3.8, 4) is 0 Å². The number of benzene rings is 1. The Balaban J connectivity index is 1.38. The number of nitrogens with one attached hydrogen (secondary N) is 1. The molecular weight excluding hydrogens is 386 g/mol. The number of hydrogen-bond acceptors (Lipinski definition) is 3. The van der Waals surface area contributed by atoms with Crippen molar-refractivity contribution < 1.29 is 9.53 Å². The van der Waals surface area contributed by atoms with Crippen LogP contribution in [0.5, 0.6) is 0 Å². The molecule has 5 atom stereocenters. The zero-order valence-corrected chi connectivity index (χ0v) is 19.0. The van der Waals surface area contributed by atoms with E-state index in [9.17, 15) is 4.79 Å². The van der Waals surface area contributed by atoms with Crippen LogP contribution in [0.2, 0.25) is 0 Å². The molecule has 2 saturated carbocycles. The maximum atomic E-state index is 12.6. The number of rotatable bonds is 6. The summed E-state index contributed by atoms with van der Waals surface area (Å²) in [6, 6.07) is 11.1. The average Bonchev–Trinajstić information content (AvgIpc) is 3.44. The second kappa shape index (κ2) is 7.77. The van der Waals surface area contributed by atoms with Crippen LogP contribution in [0.4, 0.5) is 0 Å². The molecule has 3 fully saturated rings. The maximum Gasteiger partial charge on any atom is 0.220 e. The van der Waals surface area contributed by atoms with E-state index < -0.39 is 0 Å². The molecule has 0 unspecified atom stereocenters. The van der Waals surface area contributed by atoms with Crippen molar-refractivity contribution in [2.24, 2.45) is 22.7 Å². The van der Waals surface area contributed by atoms with Gasteiger partial charge >= 0.3 is 0 Å². The molecule has 1 amide bonds. The minimum Gasteiger partial charge on any atom is -0.373 e. The maximum absolute atomic E-state index is 12.6. The van der Waals surface area contributed by atoms with Gasteiger partial charge in [0, 0.05) is 31.5 Å². The molecule has 5 nitrogen and oxygen atoms in total. The van der Waals surface area contributed by atoms with E-state index in [2.05, 4.69) is 55.5 Å². The van der Waals surface area contributed by atoms with Crippen LogP contribution in [0, 0.1) is 22.7 Å². The van der Waals surface area contributed by atoms with Gasteiger partial charge in [0.15, 0.2) is 0 Å². The molecule has 2 bridgehead atoms. The van der Waals surface area contributed by atoms with Gasteiger partial charge in [0.05, 0.1) is 12.6 Å². The Morgan fingerprint density at radius 2 is 2.10 bits per heavy atom. The summed E-state index contributed by atoms with van der Waals surface area (Å²) in [5.74, 6) is 1.34. The van der Waals surface area contributed by atoms with Gasteiger partial charge in [-0.15, -0.1) is 0 Å². The van der Waals surface area contributed by atoms with Crippen molar-refractivity contribution in [1.82, 2.24) is 15.1 Å². The molecule has 2 aromatic rings. The summed E-state index contributed by atoms with van der Waals surface area (Å²) >= 11 is 0. The fourth-order valence-electron chi connectivity index (χ4n) is 6.97. The van der Waals surface area contributed by atoms with Crippen LogP contribution in [-0.2, 0) is 16.1 Å². The van der Waals surface area contributed by atoms with E-state index in [4.69, 9.17) is 4.74 Å². The lowest BCUT2D eigenvalue weighted by Crippen LogP contribution is -2.58. The Morgan fingerprint density at radius 1 is 1.29 bits per heavy atom. The second-order valence-electron chi connectivity index (χ2n) is 10.5. The van der Waals surface area contributed by atoms with Gasteiger partial charge in [0.1, 0.15) is 0 Å². The third kappa shape index (κ3) is 3.42. The molecule has 2 aliphatic carbocycles. The predicted octanol–water partition coefficient (Wildman–Crippen LogP) is 4.73. The molecule has 1 aliphatic heterocycles. The molecule has 0 radical (unpaired) electrons. The van der Waals surface area contributed by atoms with Gasteiger partial charge in [0.2, 0.25) is 5.91 Å². The lowest BCUT2D eigenvalue weighted by atomic mass is 9.59. The smallest absolute Gasteiger partial charge is 0.220 e. The highest BCUT2D eigenvalue weighted by Gasteiger charge is 2.68. The van der Waals surface area contributed by atoms with Gasteiger partial charge in [-0.05, 0) is 65.5 Å². The summed E-state index contributed by atoms with van der Waals surface area (Å²) in [5, 5.41) is 7.80. The monoisotopic (exact) mass is 421 g/mol. The topological polar surface area (TPSA) is 56.2 Å². The Bertz CT molecular complexity index is 921. The number of fused-ring (bicyclic) bond motifs is 1. The minimum atomic E-state index is 0.124. The van der Waals surface area contributed by atoms with E-state index in [1.165, 1.54) is 24.0 Å². The van der Waals surface area contributed by atoms with Gasteiger partial charge in [-0.2, -0.15) is 5.10 Å². The summed E-state index contributed by atoms with van der Waals surface area (Å²) < 4.78 is 8.36. The quantitative estimate of drug-likeness (QED) is 0.734. The Kier molecular flexibility index (Phi) is 5.20. The zero-order valence-electron chi connectivity index (χ0n) is 19.0. The number of ether oxygens (including phenoxy) is 1. The molecule has 1 aromatic heterocycles. The highest BCUT2D eigenvalue weighted by molar-refractivity contribution is 5.76. The third-order valence-electron chi connectivity index (χ3n) is 8.50. The fraction of sp³-hybridized carbons (Fsp3) is 0.615. The van der Waals surface area contributed by atoms with Gasteiger partial charge in [-0.25, -0.2) is 0 Å². The Hall–Kier alpha value is -2.14. The van der Waals surface area contributed by atoms with Crippen molar-refractivity contribution in [2.45, 2.75) is 71.6 Å². The lowest BCUT2D eigenvalue weighted by Gasteiger charge is -2.53. The van der Waals surface area contributed by atoms with Crippen LogP contribution in [0.25, 0.3) is 0 Å². The lowest BCUT2D eigenvalue weighted by molar-refractivity contribution is -0.137. The van der Waals surface area contributed by atoms with Crippen LogP contribution >= 0.6 is 0 Å². The van der Waals surface area contributed by atoms with E-state index in [-0.39, 0.29) is 28.9 Å². The molecule has 31 heavy (non-hydrogen) atoms. The standard InChI is InChI=1S/C26H35N3O2/c1-4-6-22(30)28-24-25(2,3)20-15-21-23(31-14-11-26(21,24)16-20)19-9-7-18(8-10-19)17-29-13-5-12-27-29/h5,7-10,12-13,20-21,23-24H,4,6,11,14-17H2,1-3H3,(H,28,30)/t20-,21-,23-,24+,26-/m1/s1. The largest absolute Gasteiger partial charge is 0.373 e. The van der Waals surface area contributed by atoms with Crippen LogP contribution < -0.4 is 5.32 Å². The minimum absolute atomic E-state index is 0.124.